The predicted molar refractivity (Wildman–Crippen MR) is 81.5 cm³/mol. The lowest BCUT2D eigenvalue weighted by molar-refractivity contribution is 0.188. The molecular formula is C14H28N2O3S. The van der Waals surface area contributed by atoms with Crippen molar-refractivity contribution in [2.45, 2.75) is 58.2 Å². The summed E-state index contributed by atoms with van der Waals surface area (Å²) in [7, 11) is -3.10. The van der Waals surface area contributed by atoms with Crippen LogP contribution in [0.15, 0.2) is 0 Å². The van der Waals surface area contributed by atoms with E-state index >= 15 is 0 Å². The number of urea groups is 1. The van der Waals surface area contributed by atoms with Crippen molar-refractivity contribution in [2.75, 3.05) is 18.8 Å². The smallest absolute Gasteiger partial charge is 0.317 e. The summed E-state index contributed by atoms with van der Waals surface area (Å²) in [6, 6.07) is -0.0317. The fourth-order valence-electron chi connectivity index (χ4n) is 2.27. The number of nitrogens with zero attached hydrogens (tertiary/aromatic N) is 1. The zero-order valence-electron chi connectivity index (χ0n) is 13.3. The molecule has 0 aromatic carbocycles. The van der Waals surface area contributed by atoms with Gasteiger partial charge in [-0.3, -0.25) is 0 Å². The average molecular weight is 304 g/mol. The van der Waals surface area contributed by atoms with Crippen LogP contribution in [-0.4, -0.2) is 49.0 Å². The molecule has 5 nitrogen and oxygen atoms in total. The molecule has 20 heavy (non-hydrogen) atoms. The highest BCUT2D eigenvalue weighted by Crippen LogP contribution is 2.23. The van der Waals surface area contributed by atoms with Gasteiger partial charge in [0.15, 0.2) is 9.84 Å². The third kappa shape index (κ3) is 4.36. The van der Waals surface area contributed by atoms with Crippen LogP contribution in [0.1, 0.15) is 47.5 Å². The molecule has 0 aromatic rings. The van der Waals surface area contributed by atoms with Crippen molar-refractivity contribution in [1.82, 2.24) is 10.2 Å². The lowest BCUT2D eigenvalue weighted by Gasteiger charge is -2.38. The van der Waals surface area contributed by atoms with Crippen LogP contribution in [0, 0.1) is 5.92 Å². The highest BCUT2D eigenvalue weighted by molar-refractivity contribution is 7.92. The maximum Gasteiger partial charge on any atom is 0.317 e. The van der Waals surface area contributed by atoms with Gasteiger partial charge in [-0.2, -0.15) is 0 Å². The molecule has 0 radical (unpaired) electrons. The van der Waals surface area contributed by atoms with Gasteiger partial charge in [-0.15, -0.1) is 0 Å². The van der Waals surface area contributed by atoms with Crippen LogP contribution in [0.4, 0.5) is 4.79 Å². The van der Waals surface area contributed by atoms with E-state index in [4.69, 9.17) is 0 Å². The molecule has 0 spiro atoms. The van der Waals surface area contributed by atoms with Gasteiger partial charge >= 0.3 is 6.03 Å². The van der Waals surface area contributed by atoms with Crippen LogP contribution in [-0.2, 0) is 9.84 Å². The largest absolute Gasteiger partial charge is 0.336 e. The molecule has 1 heterocycles. The Labute approximate surface area is 123 Å². The van der Waals surface area contributed by atoms with Gasteiger partial charge in [0.25, 0.3) is 0 Å². The third-order valence-corrected chi connectivity index (χ3v) is 6.41. The van der Waals surface area contributed by atoms with Gasteiger partial charge in [0, 0.05) is 19.1 Å². The van der Waals surface area contributed by atoms with Gasteiger partial charge in [0.2, 0.25) is 0 Å². The molecule has 1 saturated heterocycles. The van der Waals surface area contributed by atoms with Crippen LogP contribution in [0.3, 0.4) is 0 Å². The average Bonchev–Trinajstić information content (AvgIpc) is 2.30. The molecule has 6 heteroatoms. The normalized spacial score (nSPS) is 22.6. The van der Waals surface area contributed by atoms with E-state index in [9.17, 15) is 13.2 Å². The minimum atomic E-state index is -3.10. The molecule has 1 rings (SSSR count). The van der Waals surface area contributed by atoms with Crippen molar-refractivity contribution in [3.8, 4) is 0 Å². The molecule has 0 bridgehead atoms. The van der Waals surface area contributed by atoms with Crippen LogP contribution in [0.25, 0.3) is 0 Å². The van der Waals surface area contributed by atoms with E-state index in [2.05, 4.69) is 19.2 Å². The Morgan fingerprint density at radius 2 is 1.85 bits per heavy atom. The first-order chi connectivity index (χ1) is 9.05. The number of nitrogens with one attached hydrogen (secondary N) is 1. The molecule has 0 aromatic heterocycles. The second-order valence-corrected chi connectivity index (χ2v) is 9.56. The summed E-state index contributed by atoms with van der Waals surface area (Å²) in [6.07, 6.45) is 2.01. The third-order valence-electron chi connectivity index (χ3n) is 3.88. The number of amides is 2. The zero-order valence-corrected chi connectivity index (χ0v) is 14.1. The summed E-state index contributed by atoms with van der Waals surface area (Å²) in [4.78, 5) is 13.8. The second-order valence-electron chi connectivity index (χ2n) is 6.82. The molecule has 118 valence electrons. The van der Waals surface area contributed by atoms with Crippen molar-refractivity contribution >= 4 is 15.9 Å². The molecule has 0 aliphatic carbocycles. The second kappa shape index (κ2) is 6.33. The van der Waals surface area contributed by atoms with Crippen molar-refractivity contribution in [3.63, 3.8) is 0 Å². The molecule has 1 aliphatic heterocycles. The SMILES string of the molecule is CC(C)CC[C@H](C)NC(=O)N1CCS(=O)(=O)C(C)(C)C1. The fraction of sp³-hybridized carbons (Fsp3) is 0.929. The van der Waals surface area contributed by atoms with Gasteiger partial charge in [0.05, 0.1) is 10.5 Å². The first kappa shape index (κ1) is 17.3. The van der Waals surface area contributed by atoms with Crippen molar-refractivity contribution in [1.29, 1.82) is 0 Å². The van der Waals surface area contributed by atoms with E-state index < -0.39 is 14.6 Å². The van der Waals surface area contributed by atoms with Gasteiger partial charge in [-0.25, -0.2) is 13.2 Å². The highest BCUT2D eigenvalue weighted by Gasteiger charge is 2.41. The number of hydrogen-bond acceptors (Lipinski definition) is 3. The van der Waals surface area contributed by atoms with Crippen molar-refractivity contribution < 1.29 is 13.2 Å². The molecule has 2 amide bonds. The summed E-state index contributed by atoms with van der Waals surface area (Å²) < 4.78 is 23.0. The maximum atomic E-state index is 12.2. The van der Waals surface area contributed by atoms with E-state index in [1.165, 1.54) is 0 Å². The van der Waals surface area contributed by atoms with E-state index in [1.54, 1.807) is 18.7 Å². The summed E-state index contributed by atoms with van der Waals surface area (Å²) in [5, 5.41) is 2.96. The quantitative estimate of drug-likeness (QED) is 0.864. The monoisotopic (exact) mass is 304 g/mol. The summed E-state index contributed by atoms with van der Waals surface area (Å²) in [6.45, 7) is 10.2. The molecule has 1 fully saturated rings. The van der Waals surface area contributed by atoms with Crippen LogP contribution in [0.2, 0.25) is 0 Å². The lowest BCUT2D eigenvalue weighted by atomic mass is 10.0. The zero-order chi connectivity index (χ0) is 15.6. The Hall–Kier alpha value is -0.780. The highest BCUT2D eigenvalue weighted by atomic mass is 32.2. The van der Waals surface area contributed by atoms with Crippen molar-refractivity contribution in [3.05, 3.63) is 0 Å². The van der Waals surface area contributed by atoms with Gasteiger partial charge in [-0.05, 0) is 39.5 Å². The van der Waals surface area contributed by atoms with Crippen LogP contribution in [0.5, 0.6) is 0 Å². The Morgan fingerprint density at radius 1 is 1.25 bits per heavy atom. The summed E-state index contributed by atoms with van der Waals surface area (Å²) in [5.74, 6) is 0.668. The molecule has 1 N–H and O–H groups in total. The van der Waals surface area contributed by atoms with Crippen LogP contribution < -0.4 is 5.32 Å². The molecule has 0 saturated carbocycles. The van der Waals surface area contributed by atoms with Crippen LogP contribution >= 0.6 is 0 Å². The Kier molecular flexibility index (Phi) is 5.46. The minimum absolute atomic E-state index is 0.0494. The van der Waals surface area contributed by atoms with E-state index in [-0.39, 0.29) is 30.9 Å². The number of rotatable bonds is 4. The number of carbonyl (C=O) groups excluding carboxylic acids is 1. The van der Waals surface area contributed by atoms with Crippen molar-refractivity contribution in [2.24, 2.45) is 5.92 Å². The maximum absolute atomic E-state index is 12.2. The standard InChI is InChI=1S/C14H28N2O3S/c1-11(2)6-7-12(3)15-13(17)16-8-9-20(18,19)14(4,5)10-16/h11-12H,6-10H2,1-5H3,(H,15,17)/t12-/m0/s1. The lowest BCUT2D eigenvalue weighted by Crippen LogP contribution is -2.57. The van der Waals surface area contributed by atoms with Gasteiger partial charge in [-0.1, -0.05) is 13.8 Å². The van der Waals surface area contributed by atoms with E-state index in [1.807, 2.05) is 6.92 Å². The summed E-state index contributed by atoms with van der Waals surface area (Å²) in [5.41, 5.74) is 0. The Balaban J connectivity index is 2.53. The topological polar surface area (TPSA) is 66.5 Å². The molecule has 1 atom stereocenters. The van der Waals surface area contributed by atoms with E-state index in [0.29, 0.717) is 5.92 Å². The fourth-order valence-corrected chi connectivity index (χ4v) is 3.64. The molecule has 1 aliphatic rings. The molecule has 0 unspecified atom stereocenters. The predicted octanol–water partition coefficient (Wildman–Crippen LogP) is 2.03. The Bertz CT molecular complexity index is 443. The minimum Gasteiger partial charge on any atom is -0.336 e. The first-order valence-corrected chi connectivity index (χ1v) is 8.98. The number of sulfone groups is 1. The molecular weight excluding hydrogens is 276 g/mol. The summed E-state index contributed by atoms with van der Waals surface area (Å²) >= 11 is 0. The Morgan fingerprint density at radius 3 is 2.35 bits per heavy atom. The first-order valence-electron chi connectivity index (χ1n) is 7.33. The van der Waals surface area contributed by atoms with Gasteiger partial charge < -0.3 is 10.2 Å². The number of hydrogen-bond donors (Lipinski definition) is 1. The van der Waals surface area contributed by atoms with Gasteiger partial charge in [0.1, 0.15) is 0 Å². The van der Waals surface area contributed by atoms with E-state index in [0.717, 1.165) is 12.8 Å². The number of carbonyl (C=O) groups is 1.